The van der Waals surface area contributed by atoms with Crippen LogP contribution in [0.4, 0.5) is 0 Å². The van der Waals surface area contributed by atoms with Gasteiger partial charge in [0.05, 0.1) is 65.6 Å². The predicted molar refractivity (Wildman–Crippen MR) is 69.5 cm³/mol. The second-order valence-corrected chi connectivity index (χ2v) is 4.71. The van der Waals surface area contributed by atoms with Gasteiger partial charge < -0.3 is 23.7 Å². The molecule has 112 valence electrons. The Hall–Kier alpha value is -0.240. The lowest BCUT2D eigenvalue weighted by Gasteiger charge is -2.21. The predicted octanol–water partition coefficient (Wildman–Crippen LogP) is -0.233. The molecule has 0 N–H and O–H groups in total. The van der Waals surface area contributed by atoms with E-state index in [4.69, 9.17) is 23.7 Å². The third kappa shape index (κ3) is 7.81. The molecule has 0 spiro atoms. The molecule has 0 aromatic rings. The number of nitrogens with zero attached hydrogens (tertiary/aromatic N) is 1. The molecule has 0 saturated carbocycles. The van der Waals surface area contributed by atoms with Crippen molar-refractivity contribution in [3.8, 4) is 0 Å². The van der Waals surface area contributed by atoms with Crippen LogP contribution < -0.4 is 0 Å². The number of hydrogen-bond donors (Lipinski definition) is 0. The van der Waals surface area contributed by atoms with Crippen LogP contribution >= 0.6 is 0 Å². The SMILES string of the molecule is C1COCCOCCN(CC2CO2)CCOCCO1. The quantitative estimate of drug-likeness (QED) is 0.649. The van der Waals surface area contributed by atoms with Crippen LogP contribution in [0.5, 0.6) is 0 Å². The van der Waals surface area contributed by atoms with Gasteiger partial charge >= 0.3 is 0 Å². The average molecular weight is 275 g/mol. The van der Waals surface area contributed by atoms with Crippen molar-refractivity contribution >= 4 is 0 Å². The molecule has 2 rings (SSSR count). The summed E-state index contributed by atoms with van der Waals surface area (Å²) in [4.78, 5) is 2.33. The molecule has 0 radical (unpaired) electrons. The van der Waals surface area contributed by atoms with Crippen LogP contribution in [0.25, 0.3) is 0 Å². The Morgan fingerprint density at radius 2 is 1.11 bits per heavy atom. The highest BCUT2D eigenvalue weighted by Crippen LogP contribution is 2.10. The standard InChI is InChI=1S/C13H25NO5/c1-3-15-5-7-17-9-10-18-8-6-16-4-2-14(1)11-13-12-19-13/h13H,1-12H2. The van der Waals surface area contributed by atoms with Crippen molar-refractivity contribution in [2.75, 3.05) is 79.1 Å². The summed E-state index contributed by atoms with van der Waals surface area (Å²) in [6.07, 6.45) is 0.411. The fraction of sp³-hybridized carbons (Fsp3) is 1.00. The Kier molecular flexibility index (Phi) is 7.68. The fourth-order valence-corrected chi connectivity index (χ4v) is 1.90. The van der Waals surface area contributed by atoms with Gasteiger partial charge in [0.15, 0.2) is 0 Å². The fourth-order valence-electron chi connectivity index (χ4n) is 1.90. The van der Waals surface area contributed by atoms with E-state index in [0.717, 1.165) is 39.5 Å². The average Bonchev–Trinajstić information content (AvgIpc) is 3.21. The van der Waals surface area contributed by atoms with Crippen molar-refractivity contribution in [3.63, 3.8) is 0 Å². The Labute approximate surface area is 114 Å². The van der Waals surface area contributed by atoms with Crippen molar-refractivity contribution in [3.05, 3.63) is 0 Å². The van der Waals surface area contributed by atoms with E-state index in [1.165, 1.54) is 0 Å². The molecule has 0 aromatic carbocycles. The molecule has 0 aliphatic carbocycles. The summed E-state index contributed by atoms with van der Waals surface area (Å²) >= 11 is 0. The molecule has 2 aliphatic heterocycles. The summed E-state index contributed by atoms with van der Waals surface area (Å²) in [5.41, 5.74) is 0. The van der Waals surface area contributed by atoms with Gasteiger partial charge in [-0.3, -0.25) is 4.90 Å². The number of rotatable bonds is 2. The Morgan fingerprint density at radius 3 is 1.53 bits per heavy atom. The van der Waals surface area contributed by atoms with Gasteiger partial charge in [0.1, 0.15) is 0 Å². The van der Waals surface area contributed by atoms with Crippen LogP contribution in [0.3, 0.4) is 0 Å². The minimum absolute atomic E-state index is 0.411. The normalized spacial score (nSPS) is 29.4. The molecule has 2 fully saturated rings. The zero-order valence-corrected chi connectivity index (χ0v) is 11.6. The van der Waals surface area contributed by atoms with Crippen molar-refractivity contribution in [2.45, 2.75) is 6.10 Å². The minimum atomic E-state index is 0.411. The first-order valence-electron chi connectivity index (χ1n) is 7.10. The first-order chi connectivity index (χ1) is 9.45. The Morgan fingerprint density at radius 1 is 0.684 bits per heavy atom. The van der Waals surface area contributed by atoms with Gasteiger partial charge in [-0.15, -0.1) is 0 Å². The maximum Gasteiger partial charge on any atom is 0.0936 e. The van der Waals surface area contributed by atoms with Crippen molar-refractivity contribution in [1.29, 1.82) is 0 Å². The largest absolute Gasteiger partial charge is 0.378 e. The molecule has 0 aromatic heterocycles. The van der Waals surface area contributed by atoms with Crippen molar-refractivity contribution in [2.24, 2.45) is 0 Å². The Balaban J connectivity index is 1.64. The molecule has 19 heavy (non-hydrogen) atoms. The Bertz CT molecular complexity index is 209. The molecule has 6 nitrogen and oxygen atoms in total. The van der Waals surface area contributed by atoms with Crippen LogP contribution in [0.15, 0.2) is 0 Å². The van der Waals surface area contributed by atoms with Crippen LogP contribution in [0.2, 0.25) is 0 Å². The highest BCUT2D eigenvalue weighted by molar-refractivity contribution is 4.74. The molecular weight excluding hydrogens is 250 g/mol. The summed E-state index contributed by atoms with van der Waals surface area (Å²) in [6.45, 7) is 8.94. The molecule has 2 aliphatic rings. The smallest absolute Gasteiger partial charge is 0.0936 e. The first-order valence-corrected chi connectivity index (χ1v) is 7.10. The topological polar surface area (TPSA) is 52.7 Å². The van der Waals surface area contributed by atoms with E-state index >= 15 is 0 Å². The second-order valence-electron chi connectivity index (χ2n) is 4.71. The highest BCUT2D eigenvalue weighted by Gasteiger charge is 2.25. The minimum Gasteiger partial charge on any atom is -0.378 e. The third-order valence-corrected chi connectivity index (χ3v) is 3.08. The molecule has 6 heteroatoms. The van der Waals surface area contributed by atoms with E-state index in [-0.39, 0.29) is 0 Å². The van der Waals surface area contributed by atoms with E-state index in [1.807, 2.05) is 0 Å². The zero-order valence-electron chi connectivity index (χ0n) is 11.6. The highest BCUT2D eigenvalue weighted by atomic mass is 16.6. The summed E-state index contributed by atoms with van der Waals surface area (Å²) in [6, 6.07) is 0. The van der Waals surface area contributed by atoms with E-state index in [1.54, 1.807) is 0 Å². The third-order valence-electron chi connectivity index (χ3n) is 3.08. The molecular formula is C13H25NO5. The summed E-state index contributed by atoms with van der Waals surface area (Å²) < 4.78 is 27.2. The zero-order chi connectivity index (χ0) is 13.2. The van der Waals surface area contributed by atoms with Crippen LogP contribution in [0.1, 0.15) is 0 Å². The van der Waals surface area contributed by atoms with Gasteiger partial charge in [-0.05, 0) is 0 Å². The van der Waals surface area contributed by atoms with E-state index < -0.39 is 0 Å². The van der Waals surface area contributed by atoms with E-state index in [2.05, 4.69) is 4.90 Å². The van der Waals surface area contributed by atoms with Crippen LogP contribution in [-0.4, -0.2) is 90.1 Å². The van der Waals surface area contributed by atoms with E-state index in [0.29, 0.717) is 45.7 Å². The van der Waals surface area contributed by atoms with E-state index in [9.17, 15) is 0 Å². The van der Waals surface area contributed by atoms with Crippen molar-refractivity contribution < 1.29 is 23.7 Å². The number of ether oxygens (including phenoxy) is 5. The summed E-state index contributed by atoms with van der Waals surface area (Å²) in [5.74, 6) is 0. The summed E-state index contributed by atoms with van der Waals surface area (Å²) in [5, 5.41) is 0. The summed E-state index contributed by atoms with van der Waals surface area (Å²) in [7, 11) is 0. The van der Waals surface area contributed by atoms with Crippen LogP contribution in [-0.2, 0) is 23.7 Å². The second kappa shape index (κ2) is 9.63. The van der Waals surface area contributed by atoms with Gasteiger partial charge in [-0.2, -0.15) is 0 Å². The van der Waals surface area contributed by atoms with Gasteiger partial charge in [-0.1, -0.05) is 0 Å². The van der Waals surface area contributed by atoms with Gasteiger partial charge in [0, 0.05) is 19.6 Å². The number of hydrogen-bond acceptors (Lipinski definition) is 6. The van der Waals surface area contributed by atoms with Crippen molar-refractivity contribution in [1.82, 2.24) is 4.90 Å². The molecule has 2 heterocycles. The molecule has 0 amide bonds. The molecule has 0 bridgehead atoms. The van der Waals surface area contributed by atoms with Crippen LogP contribution in [0, 0.1) is 0 Å². The molecule has 2 saturated heterocycles. The lowest BCUT2D eigenvalue weighted by atomic mass is 10.4. The van der Waals surface area contributed by atoms with Gasteiger partial charge in [-0.25, -0.2) is 0 Å². The first kappa shape index (κ1) is 15.2. The van der Waals surface area contributed by atoms with Gasteiger partial charge in [0.25, 0.3) is 0 Å². The maximum absolute atomic E-state index is 5.55. The lowest BCUT2D eigenvalue weighted by Crippen LogP contribution is -2.34. The molecule has 1 unspecified atom stereocenters. The monoisotopic (exact) mass is 275 g/mol. The lowest BCUT2D eigenvalue weighted by molar-refractivity contribution is 0.00206. The van der Waals surface area contributed by atoms with Gasteiger partial charge in [0.2, 0.25) is 0 Å². The molecule has 1 atom stereocenters. The maximum atomic E-state index is 5.55. The number of epoxide rings is 1.